The molecule has 0 aromatic carbocycles. The largest absolute Gasteiger partial charge is 0.309 e. The molecule has 1 unspecified atom stereocenters. The van der Waals surface area contributed by atoms with E-state index in [0.717, 1.165) is 42.7 Å². The lowest BCUT2D eigenvalue weighted by Crippen LogP contribution is -2.49. The maximum atomic E-state index is 12.6. The van der Waals surface area contributed by atoms with Gasteiger partial charge in [0.2, 0.25) is 15.9 Å². The van der Waals surface area contributed by atoms with Crippen LogP contribution in [0.1, 0.15) is 29.9 Å². The first-order valence-electron chi connectivity index (χ1n) is 9.48. The van der Waals surface area contributed by atoms with Gasteiger partial charge in [0, 0.05) is 30.0 Å². The van der Waals surface area contributed by atoms with Gasteiger partial charge < -0.3 is 5.32 Å². The summed E-state index contributed by atoms with van der Waals surface area (Å²) in [4.78, 5) is 23.4. The first-order valence-corrected chi connectivity index (χ1v) is 11.4. The van der Waals surface area contributed by atoms with Crippen molar-refractivity contribution in [3.05, 3.63) is 29.2 Å². The Morgan fingerprint density at radius 1 is 1.17 bits per heavy atom. The molecule has 10 nitrogen and oxygen atoms in total. The molecule has 1 saturated heterocycles. The zero-order valence-corrected chi connectivity index (χ0v) is 18.0. The minimum atomic E-state index is -3.27. The number of rotatable bonds is 6. The van der Waals surface area contributed by atoms with Crippen molar-refractivity contribution >= 4 is 21.7 Å². The number of likely N-dealkylation sites (tertiary alicyclic amines) is 1. The minimum Gasteiger partial charge on any atom is -0.309 e. The summed E-state index contributed by atoms with van der Waals surface area (Å²) in [6.45, 7) is 7.00. The van der Waals surface area contributed by atoms with Crippen molar-refractivity contribution in [2.24, 2.45) is 0 Å². The fourth-order valence-electron chi connectivity index (χ4n) is 3.53. The monoisotopic (exact) mass is 421 g/mol. The van der Waals surface area contributed by atoms with Gasteiger partial charge in [-0.25, -0.2) is 23.1 Å². The Bertz CT molecular complexity index is 983. The lowest BCUT2D eigenvalue weighted by Gasteiger charge is -2.32. The van der Waals surface area contributed by atoms with Crippen molar-refractivity contribution in [3.63, 3.8) is 0 Å². The predicted octanol–water partition coefficient (Wildman–Crippen LogP) is 0.540. The molecule has 1 amide bonds. The van der Waals surface area contributed by atoms with Crippen LogP contribution in [0.4, 0.5) is 5.82 Å². The van der Waals surface area contributed by atoms with Crippen LogP contribution in [0.25, 0.3) is 5.95 Å². The van der Waals surface area contributed by atoms with Crippen molar-refractivity contribution in [2.75, 3.05) is 31.2 Å². The minimum absolute atomic E-state index is 0.167. The van der Waals surface area contributed by atoms with E-state index in [4.69, 9.17) is 0 Å². The van der Waals surface area contributed by atoms with Gasteiger partial charge in [0.05, 0.1) is 18.5 Å². The summed E-state index contributed by atoms with van der Waals surface area (Å²) < 4.78 is 27.1. The number of hydrogen-bond donors (Lipinski definition) is 2. The number of sulfonamides is 1. The highest BCUT2D eigenvalue weighted by molar-refractivity contribution is 7.88. The van der Waals surface area contributed by atoms with Crippen LogP contribution < -0.4 is 10.0 Å². The first kappa shape index (κ1) is 21.3. The number of carbonyl (C=O) groups is 1. The highest BCUT2D eigenvalue weighted by Gasteiger charge is 2.24. The van der Waals surface area contributed by atoms with Crippen LogP contribution in [0, 0.1) is 20.8 Å². The maximum absolute atomic E-state index is 12.6. The van der Waals surface area contributed by atoms with Gasteiger partial charge in [0.15, 0.2) is 0 Å². The van der Waals surface area contributed by atoms with Crippen LogP contribution in [0.2, 0.25) is 0 Å². The van der Waals surface area contributed by atoms with Gasteiger partial charge >= 0.3 is 0 Å². The lowest BCUT2D eigenvalue weighted by atomic mass is 10.1. The second kappa shape index (κ2) is 8.56. The third-order valence-electron chi connectivity index (χ3n) is 4.51. The number of nitrogens with one attached hydrogen (secondary N) is 2. The Kier molecular flexibility index (Phi) is 6.30. The average Bonchev–Trinajstić information content (AvgIpc) is 2.92. The number of aryl methyl sites for hydroxylation is 3. The number of hydrogen-bond acceptors (Lipinski definition) is 7. The predicted molar refractivity (Wildman–Crippen MR) is 109 cm³/mol. The molecule has 1 fully saturated rings. The summed E-state index contributed by atoms with van der Waals surface area (Å²) in [7, 11) is -3.27. The Morgan fingerprint density at radius 3 is 2.52 bits per heavy atom. The van der Waals surface area contributed by atoms with Gasteiger partial charge in [-0.05, 0) is 46.2 Å². The van der Waals surface area contributed by atoms with Gasteiger partial charge in [-0.2, -0.15) is 9.78 Å². The molecule has 1 aliphatic heterocycles. The van der Waals surface area contributed by atoms with Crippen LogP contribution >= 0.6 is 0 Å². The maximum Gasteiger partial charge on any atom is 0.252 e. The number of aromatic nitrogens is 4. The third kappa shape index (κ3) is 6.05. The summed E-state index contributed by atoms with van der Waals surface area (Å²) in [6.07, 6.45) is 2.74. The third-order valence-corrected chi connectivity index (χ3v) is 5.27. The second-order valence-corrected chi connectivity index (χ2v) is 9.33. The molecule has 0 spiro atoms. The van der Waals surface area contributed by atoms with E-state index >= 15 is 0 Å². The van der Waals surface area contributed by atoms with Crippen molar-refractivity contribution in [1.29, 1.82) is 0 Å². The van der Waals surface area contributed by atoms with E-state index in [1.165, 1.54) is 4.68 Å². The van der Waals surface area contributed by atoms with Crippen LogP contribution in [0.3, 0.4) is 0 Å². The number of carbonyl (C=O) groups excluding carboxylic acids is 1. The van der Waals surface area contributed by atoms with Crippen LogP contribution in [-0.4, -0.2) is 70.9 Å². The molecule has 0 bridgehead atoms. The van der Waals surface area contributed by atoms with E-state index in [1.54, 1.807) is 6.07 Å². The first-order chi connectivity index (χ1) is 13.6. The van der Waals surface area contributed by atoms with Crippen molar-refractivity contribution in [2.45, 2.75) is 39.7 Å². The number of anilines is 1. The average molecular weight is 422 g/mol. The lowest BCUT2D eigenvalue weighted by molar-refractivity contribution is -0.117. The zero-order chi connectivity index (χ0) is 21.2. The van der Waals surface area contributed by atoms with Crippen molar-refractivity contribution in [3.8, 4) is 5.95 Å². The summed E-state index contributed by atoms with van der Waals surface area (Å²) in [5, 5.41) is 7.28. The van der Waals surface area contributed by atoms with Gasteiger partial charge in [-0.3, -0.25) is 9.69 Å². The number of piperidine rings is 1. The van der Waals surface area contributed by atoms with E-state index in [-0.39, 0.29) is 18.5 Å². The zero-order valence-electron chi connectivity index (χ0n) is 17.1. The Labute approximate surface area is 170 Å². The summed E-state index contributed by atoms with van der Waals surface area (Å²) in [5.41, 5.74) is 2.37. The molecule has 1 atom stereocenters. The Balaban J connectivity index is 1.68. The molecule has 0 radical (unpaired) electrons. The van der Waals surface area contributed by atoms with Gasteiger partial charge in [0.1, 0.15) is 5.82 Å². The summed E-state index contributed by atoms with van der Waals surface area (Å²) in [6, 6.07) is 3.46. The number of amides is 1. The molecule has 29 heavy (non-hydrogen) atoms. The molecule has 3 rings (SSSR count). The molecule has 2 aromatic rings. The molecule has 11 heteroatoms. The molecule has 0 saturated carbocycles. The van der Waals surface area contributed by atoms with E-state index in [9.17, 15) is 13.2 Å². The highest BCUT2D eigenvalue weighted by Crippen LogP contribution is 2.16. The molecule has 2 N–H and O–H groups in total. The quantitative estimate of drug-likeness (QED) is 0.698. The molecule has 0 aliphatic carbocycles. The van der Waals surface area contributed by atoms with Crippen molar-refractivity contribution < 1.29 is 13.2 Å². The second-order valence-electron chi connectivity index (χ2n) is 7.55. The normalized spacial score (nSPS) is 18.0. The molecule has 158 valence electrons. The van der Waals surface area contributed by atoms with Gasteiger partial charge in [-0.1, -0.05) is 0 Å². The molecule has 2 aromatic heterocycles. The molecular formula is C18H27N7O3S. The number of nitrogens with zero attached hydrogens (tertiary/aromatic N) is 5. The van der Waals surface area contributed by atoms with Gasteiger partial charge in [0.25, 0.3) is 5.95 Å². The van der Waals surface area contributed by atoms with Crippen LogP contribution in [0.15, 0.2) is 12.1 Å². The fourth-order valence-corrected chi connectivity index (χ4v) is 4.32. The Morgan fingerprint density at radius 2 is 1.86 bits per heavy atom. The van der Waals surface area contributed by atoms with E-state index in [1.807, 2.05) is 31.7 Å². The highest BCUT2D eigenvalue weighted by atomic mass is 32.2. The van der Waals surface area contributed by atoms with Crippen LogP contribution in [0.5, 0.6) is 0 Å². The van der Waals surface area contributed by atoms with Gasteiger partial charge in [-0.15, -0.1) is 0 Å². The topological polar surface area (TPSA) is 122 Å². The van der Waals surface area contributed by atoms with E-state index < -0.39 is 10.0 Å². The Hall–Kier alpha value is -2.37. The molecule has 3 heterocycles. The van der Waals surface area contributed by atoms with Crippen molar-refractivity contribution in [1.82, 2.24) is 29.4 Å². The summed E-state index contributed by atoms with van der Waals surface area (Å²) >= 11 is 0. The molecular weight excluding hydrogens is 394 g/mol. The molecule has 1 aliphatic rings. The SMILES string of the molecule is Cc1cc(C)nc(-n2nc(C)cc2NC(=O)CN2CCCC(NS(C)(=O)=O)C2)n1. The van der Waals surface area contributed by atoms with E-state index in [0.29, 0.717) is 18.3 Å². The standard InChI is InChI=1S/C18H27N7O3S/c1-12-8-13(2)20-18(19-12)25-16(9-14(3)22-25)21-17(26)11-24-7-5-6-15(10-24)23-29(4,27)28/h8-9,15,23H,5-7,10-11H2,1-4H3,(H,21,26). The summed E-state index contributed by atoms with van der Waals surface area (Å²) in [5.74, 6) is 0.706. The van der Waals surface area contributed by atoms with E-state index in [2.05, 4.69) is 25.1 Å². The smallest absolute Gasteiger partial charge is 0.252 e. The van der Waals surface area contributed by atoms with Crippen LogP contribution in [-0.2, 0) is 14.8 Å². The fraction of sp³-hybridized carbons (Fsp3) is 0.556.